The van der Waals surface area contributed by atoms with Crippen LogP contribution in [0, 0.1) is 0 Å². The van der Waals surface area contributed by atoms with Crippen molar-refractivity contribution in [3.05, 3.63) is 21.3 Å². The molecule has 1 saturated heterocycles. The number of hydrogen-bond acceptors (Lipinski definition) is 4. The van der Waals surface area contributed by atoms with Crippen LogP contribution in [0.15, 0.2) is 11.4 Å². The Hall–Kier alpha value is -0.620. The molecule has 2 heterocycles. The predicted molar refractivity (Wildman–Crippen MR) is 64.1 cm³/mol. The lowest BCUT2D eigenvalue weighted by Crippen LogP contribution is -2.44. The summed E-state index contributed by atoms with van der Waals surface area (Å²) >= 11 is 7.23. The third-order valence-corrected chi connectivity index (χ3v) is 4.11. The Labute approximate surface area is 103 Å². The fourth-order valence-corrected chi connectivity index (χ4v) is 2.92. The maximum atomic E-state index is 12.1. The van der Waals surface area contributed by atoms with Crippen LogP contribution in [0.25, 0.3) is 0 Å². The molecular formula is C10H13ClN2O2S. The molecule has 1 aromatic rings. The summed E-state index contributed by atoms with van der Waals surface area (Å²) in [7, 11) is 1.69. The number of hydrogen-bond donors (Lipinski definition) is 2. The monoisotopic (exact) mass is 260 g/mol. The highest BCUT2D eigenvalue weighted by Gasteiger charge is 2.32. The number of aliphatic hydroxyl groups excluding tert-OH is 1. The van der Waals surface area contributed by atoms with Gasteiger partial charge in [-0.15, -0.1) is 11.3 Å². The van der Waals surface area contributed by atoms with Crippen LogP contribution in [0.2, 0.25) is 5.02 Å². The van der Waals surface area contributed by atoms with E-state index in [0.29, 0.717) is 23.0 Å². The summed E-state index contributed by atoms with van der Waals surface area (Å²) in [6, 6.07) is 1.53. The molecule has 0 bridgehead atoms. The van der Waals surface area contributed by atoms with E-state index < -0.39 is 6.10 Å². The smallest absolute Gasteiger partial charge is 0.265 e. The number of carbonyl (C=O) groups excluding carboxylic acids is 1. The number of rotatable bonds is 2. The molecule has 1 aliphatic heterocycles. The quantitative estimate of drug-likeness (QED) is 0.827. The van der Waals surface area contributed by atoms with Crippen molar-refractivity contribution in [2.75, 3.05) is 20.1 Å². The second-order valence-corrected chi connectivity index (χ2v) is 5.13. The van der Waals surface area contributed by atoms with Crippen molar-refractivity contribution in [3.8, 4) is 0 Å². The van der Waals surface area contributed by atoms with Crippen LogP contribution in [0.4, 0.5) is 0 Å². The first kappa shape index (κ1) is 11.9. The van der Waals surface area contributed by atoms with Crippen LogP contribution < -0.4 is 5.32 Å². The second-order valence-electron chi connectivity index (χ2n) is 3.81. The molecule has 1 aliphatic rings. The van der Waals surface area contributed by atoms with Crippen LogP contribution in [0.3, 0.4) is 0 Å². The number of aliphatic hydroxyl groups is 1. The van der Waals surface area contributed by atoms with Gasteiger partial charge in [-0.05, 0) is 11.4 Å². The molecule has 0 spiro atoms. The lowest BCUT2D eigenvalue weighted by atomic mass is 10.2. The molecule has 88 valence electrons. The van der Waals surface area contributed by atoms with Gasteiger partial charge in [0.15, 0.2) is 0 Å². The van der Waals surface area contributed by atoms with Gasteiger partial charge in [0.05, 0.1) is 17.2 Å². The molecule has 0 unspecified atom stereocenters. The molecule has 4 nitrogen and oxygen atoms in total. The van der Waals surface area contributed by atoms with Crippen molar-refractivity contribution in [2.45, 2.75) is 12.1 Å². The lowest BCUT2D eigenvalue weighted by molar-refractivity contribution is 0.0586. The van der Waals surface area contributed by atoms with Gasteiger partial charge in [0.2, 0.25) is 0 Å². The van der Waals surface area contributed by atoms with Crippen LogP contribution in [-0.4, -0.2) is 48.2 Å². The molecule has 1 amide bonds. The molecular weight excluding hydrogens is 248 g/mol. The second kappa shape index (κ2) is 4.71. The summed E-state index contributed by atoms with van der Waals surface area (Å²) in [6.07, 6.45) is -0.507. The van der Waals surface area contributed by atoms with Crippen molar-refractivity contribution < 1.29 is 9.90 Å². The number of nitrogens with one attached hydrogen (secondary N) is 1. The molecule has 0 saturated carbocycles. The maximum Gasteiger partial charge on any atom is 0.265 e. The summed E-state index contributed by atoms with van der Waals surface area (Å²) in [5.74, 6) is -0.132. The third kappa shape index (κ3) is 2.08. The van der Waals surface area contributed by atoms with Crippen molar-refractivity contribution in [1.29, 1.82) is 0 Å². The minimum atomic E-state index is -0.507. The van der Waals surface area contributed by atoms with Crippen LogP contribution in [0.5, 0.6) is 0 Å². The van der Waals surface area contributed by atoms with Gasteiger partial charge in [-0.25, -0.2) is 0 Å². The van der Waals surface area contributed by atoms with E-state index in [4.69, 9.17) is 11.6 Å². The summed E-state index contributed by atoms with van der Waals surface area (Å²) in [5, 5.41) is 15.0. The van der Waals surface area contributed by atoms with E-state index in [-0.39, 0.29) is 11.9 Å². The molecule has 2 atom stereocenters. The van der Waals surface area contributed by atoms with E-state index in [1.807, 2.05) is 0 Å². The Balaban J connectivity index is 2.13. The predicted octanol–water partition coefficient (Wildman–Crippen LogP) is 0.806. The van der Waals surface area contributed by atoms with Crippen molar-refractivity contribution in [3.63, 3.8) is 0 Å². The Bertz CT molecular complexity index is 396. The summed E-state index contributed by atoms with van der Waals surface area (Å²) in [5.41, 5.74) is 0. The summed E-state index contributed by atoms with van der Waals surface area (Å²) in [4.78, 5) is 14.2. The minimum absolute atomic E-state index is 0.132. The minimum Gasteiger partial charge on any atom is -0.390 e. The number of likely N-dealkylation sites (N-methyl/N-ethyl adjacent to an activating group) is 1. The Morgan fingerprint density at radius 3 is 2.94 bits per heavy atom. The first-order valence-corrected chi connectivity index (χ1v) is 6.26. The van der Waals surface area contributed by atoms with Crippen molar-refractivity contribution in [1.82, 2.24) is 10.2 Å². The number of halogens is 1. The zero-order chi connectivity index (χ0) is 11.7. The standard InChI is InChI=1S/C10H13ClN2O2S/c1-13(7-4-12-5-8(7)14)10(15)9-6(11)2-3-16-9/h2-3,7-8,12,14H,4-5H2,1H3/t7-,8-/m0/s1. The van der Waals surface area contributed by atoms with E-state index in [9.17, 15) is 9.90 Å². The molecule has 2 N–H and O–H groups in total. The van der Waals surface area contributed by atoms with Gasteiger partial charge in [-0.2, -0.15) is 0 Å². The van der Waals surface area contributed by atoms with E-state index in [0.717, 1.165) is 0 Å². The Morgan fingerprint density at radius 1 is 1.69 bits per heavy atom. The fourth-order valence-electron chi connectivity index (χ4n) is 1.80. The van der Waals surface area contributed by atoms with E-state index in [2.05, 4.69) is 5.32 Å². The van der Waals surface area contributed by atoms with Crippen LogP contribution in [0.1, 0.15) is 9.67 Å². The fraction of sp³-hybridized carbons (Fsp3) is 0.500. The van der Waals surface area contributed by atoms with Gasteiger partial charge in [0, 0.05) is 20.1 Å². The Kier molecular flexibility index (Phi) is 3.49. The van der Waals surface area contributed by atoms with Crippen molar-refractivity contribution >= 4 is 28.8 Å². The number of β-amino-alcohol motifs (C(OH)–C–C–N with tert-alkyl or cyclic N) is 1. The molecule has 0 radical (unpaired) electrons. The summed E-state index contributed by atoms with van der Waals surface area (Å²) < 4.78 is 0. The molecule has 0 aliphatic carbocycles. The average molecular weight is 261 g/mol. The summed E-state index contributed by atoms with van der Waals surface area (Å²) in [6.45, 7) is 1.15. The first-order valence-electron chi connectivity index (χ1n) is 5.00. The van der Waals surface area contributed by atoms with Gasteiger partial charge in [-0.1, -0.05) is 11.6 Å². The van der Waals surface area contributed by atoms with Gasteiger partial charge in [0.25, 0.3) is 5.91 Å². The molecule has 0 aromatic carbocycles. The average Bonchev–Trinajstić information content (AvgIpc) is 2.85. The van der Waals surface area contributed by atoms with Gasteiger partial charge in [-0.3, -0.25) is 4.79 Å². The zero-order valence-electron chi connectivity index (χ0n) is 8.81. The van der Waals surface area contributed by atoms with Gasteiger partial charge < -0.3 is 15.3 Å². The SMILES string of the molecule is CN(C(=O)c1sccc1Cl)[C@H]1CNC[C@@H]1O. The maximum absolute atomic E-state index is 12.1. The molecule has 6 heteroatoms. The van der Waals surface area contributed by atoms with E-state index in [1.54, 1.807) is 23.4 Å². The van der Waals surface area contributed by atoms with E-state index >= 15 is 0 Å². The highest BCUT2D eigenvalue weighted by Crippen LogP contribution is 2.24. The molecule has 16 heavy (non-hydrogen) atoms. The highest BCUT2D eigenvalue weighted by atomic mass is 35.5. The van der Waals surface area contributed by atoms with Gasteiger partial charge >= 0.3 is 0 Å². The normalized spacial score (nSPS) is 24.7. The third-order valence-electron chi connectivity index (χ3n) is 2.78. The molecule has 1 aromatic heterocycles. The number of carbonyl (C=O) groups is 1. The van der Waals surface area contributed by atoms with E-state index in [1.165, 1.54) is 11.3 Å². The number of thiophene rings is 1. The lowest BCUT2D eigenvalue weighted by Gasteiger charge is -2.26. The Morgan fingerprint density at radius 2 is 2.44 bits per heavy atom. The highest BCUT2D eigenvalue weighted by molar-refractivity contribution is 7.12. The van der Waals surface area contributed by atoms with Crippen molar-refractivity contribution in [2.24, 2.45) is 0 Å². The molecule has 1 fully saturated rings. The number of nitrogens with zero attached hydrogens (tertiary/aromatic N) is 1. The molecule has 2 rings (SSSR count). The largest absolute Gasteiger partial charge is 0.390 e. The van der Waals surface area contributed by atoms with Crippen LogP contribution in [-0.2, 0) is 0 Å². The van der Waals surface area contributed by atoms with Gasteiger partial charge in [0.1, 0.15) is 4.88 Å². The van der Waals surface area contributed by atoms with Crippen LogP contribution >= 0.6 is 22.9 Å². The number of amides is 1. The zero-order valence-corrected chi connectivity index (χ0v) is 10.4. The first-order chi connectivity index (χ1) is 7.61. The topological polar surface area (TPSA) is 52.6 Å².